The van der Waals surface area contributed by atoms with E-state index in [4.69, 9.17) is 0 Å². The fourth-order valence-corrected chi connectivity index (χ4v) is 2.77. The smallest absolute Gasteiger partial charge is 0.219 e. The molecule has 0 unspecified atom stereocenters. The van der Waals surface area contributed by atoms with Crippen LogP contribution in [0, 0.1) is 0 Å². The minimum Gasteiger partial charge on any atom is -0.395 e. The Morgan fingerprint density at radius 1 is 1.35 bits per heavy atom. The summed E-state index contributed by atoms with van der Waals surface area (Å²) in [5, 5.41) is 13.1. The summed E-state index contributed by atoms with van der Waals surface area (Å²) in [4.78, 5) is 13.2. The number of benzene rings is 1. The average molecular weight is 276 g/mol. The summed E-state index contributed by atoms with van der Waals surface area (Å²) < 4.78 is 0. The van der Waals surface area contributed by atoms with E-state index in [-0.39, 0.29) is 18.6 Å². The summed E-state index contributed by atoms with van der Waals surface area (Å²) in [5.74, 6) is 0.159. The van der Waals surface area contributed by atoms with E-state index < -0.39 is 0 Å². The quantitative estimate of drug-likeness (QED) is 0.849. The van der Waals surface area contributed by atoms with E-state index in [2.05, 4.69) is 17.4 Å². The molecular formula is C16H24N2O2. The lowest BCUT2D eigenvalue weighted by atomic mass is 10.0. The fourth-order valence-electron chi connectivity index (χ4n) is 2.77. The lowest BCUT2D eigenvalue weighted by molar-refractivity contribution is -0.129. The normalized spacial score (nSPS) is 18.0. The van der Waals surface area contributed by atoms with E-state index in [1.54, 1.807) is 6.92 Å². The van der Waals surface area contributed by atoms with E-state index in [1.165, 1.54) is 5.56 Å². The monoisotopic (exact) mass is 276 g/mol. The summed E-state index contributed by atoms with van der Waals surface area (Å²) in [7, 11) is 0. The molecule has 1 aromatic rings. The topological polar surface area (TPSA) is 52.6 Å². The Morgan fingerprint density at radius 2 is 2.00 bits per heavy atom. The van der Waals surface area contributed by atoms with Crippen LogP contribution in [0.3, 0.4) is 0 Å². The van der Waals surface area contributed by atoms with Crippen LogP contribution in [-0.4, -0.2) is 47.7 Å². The van der Waals surface area contributed by atoms with Gasteiger partial charge in [-0.15, -0.1) is 0 Å². The van der Waals surface area contributed by atoms with Crippen LogP contribution in [-0.2, 0) is 11.2 Å². The highest BCUT2D eigenvalue weighted by Crippen LogP contribution is 2.12. The van der Waals surface area contributed by atoms with Gasteiger partial charge in [-0.3, -0.25) is 4.79 Å². The molecule has 1 saturated heterocycles. The number of carbonyl (C=O) groups excluding carboxylic acids is 1. The molecule has 1 atom stereocenters. The maximum absolute atomic E-state index is 11.3. The first-order chi connectivity index (χ1) is 9.69. The van der Waals surface area contributed by atoms with Crippen LogP contribution in [0.2, 0.25) is 0 Å². The molecule has 0 aliphatic carbocycles. The Kier molecular flexibility index (Phi) is 5.56. The van der Waals surface area contributed by atoms with Gasteiger partial charge in [0.15, 0.2) is 0 Å². The number of aliphatic hydroxyl groups is 1. The van der Waals surface area contributed by atoms with Gasteiger partial charge >= 0.3 is 0 Å². The van der Waals surface area contributed by atoms with Crippen molar-refractivity contribution >= 4 is 5.91 Å². The molecule has 0 radical (unpaired) electrons. The van der Waals surface area contributed by atoms with Crippen molar-refractivity contribution in [1.82, 2.24) is 10.2 Å². The molecule has 4 heteroatoms. The Labute approximate surface area is 120 Å². The molecule has 2 N–H and O–H groups in total. The number of aliphatic hydroxyl groups excluding tert-OH is 1. The lowest BCUT2D eigenvalue weighted by Crippen LogP contribution is -2.48. The number of nitrogens with one attached hydrogen (secondary N) is 1. The van der Waals surface area contributed by atoms with Crippen LogP contribution < -0.4 is 5.32 Å². The lowest BCUT2D eigenvalue weighted by Gasteiger charge is -2.33. The maximum Gasteiger partial charge on any atom is 0.219 e. The van der Waals surface area contributed by atoms with Gasteiger partial charge in [-0.1, -0.05) is 30.3 Å². The molecule has 1 fully saturated rings. The van der Waals surface area contributed by atoms with E-state index in [1.807, 2.05) is 23.1 Å². The Hall–Kier alpha value is -1.39. The van der Waals surface area contributed by atoms with Gasteiger partial charge in [0, 0.05) is 32.1 Å². The van der Waals surface area contributed by atoms with E-state index >= 15 is 0 Å². The van der Waals surface area contributed by atoms with Gasteiger partial charge < -0.3 is 15.3 Å². The molecule has 1 heterocycles. The minimum atomic E-state index is 0.0891. The Morgan fingerprint density at radius 3 is 2.55 bits per heavy atom. The summed E-state index contributed by atoms with van der Waals surface area (Å²) in [6.07, 6.45) is 2.76. The molecule has 20 heavy (non-hydrogen) atoms. The van der Waals surface area contributed by atoms with Crippen molar-refractivity contribution < 1.29 is 9.90 Å². The summed E-state index contributed by atoms with van der Waals surface area (Å²) >= 11 is 0. The molecule has 1 aromatic carbocycles. The van der Waals surface area contributed by atoms with Gasteiger partial charge in [0.1, 0.15) is 0 Å². The fraction of sp³-hybridized carbons (Fsp3) is 0.562. The summed E-state index contributed by atoms with van der Waals surface area (Å²) in [6.45, 7) is 3.40. The highest BCUT2D eigenvalue weighted by molar-refractivity contribution is 5.73. The highest BCUT2D eigenvalue weighted by Gasteiger charge is 2.22. The SMILES string of the molecule is CC(=O)N1CCC(N[C@@H](CO)Cc2ccccc2)CC1. The van der Waals surface area contributed by atoms with E-state index in [9.17, 15) is 9.90 Å². The van der Waals surface area contributed by atoms with Crippen molar-refractivity contribution in [3.8, 4) is 0 Å². The first-order valence-electron chi connectivity index (χ1n) is 7.35. The highest BCUT2D eigenvalue weighted by atomic mass is 16.3. The third kappa shape index (κ3) is 4.32. The number of nitrogens with zero attached hydrogens (tertiary/aromatic N) is 1. The molecular weight excluding hydrogens is 252 g/mol. The second kappa shape index (κ2) is 7.41. The standard InChI is InChI=1S/C16H24N2O2/c1-13(20)18-9-7-15(8-10-18)17-16(12-19)11-14-5-3-2-4-6-14/h2-6,15-17,19H,7-12H2,1H3/t16-/m1/s1. The third-order valence-electron chi connectivity index (χ3n) is 3.96. The maximum atomic E-state index is 11.3. The zero-order chi connectivity index (χ0) is 14.4. The predicted octanol–water partition coefficient (Wildman–Crippen LogP) is 1.19. The molecule has 4 nitrogen and oxygen atoms in total. The van der Waals surface area contributed by atoms with Gasteiger partial charge in [0.25, 0.3) is 0 Å². The first-order valence-corrected chi connectivity index (χ1v) is 7.35. The van der Waals surface area contributed by atoms with Crippen molar-refractivity contribution in [3.63, 3.8) is 0 Å². The van der Waals surface area contributed by atoms with Crippen LogP contribution in [0.4, 0.5) is 0 Å². The number of amides is 1. The van der Waals surface area contributed by atoms with Crippen molar-refractivity contribution in [3.05, 3.63) is 35.9 Å². The van der Waals surface area contributed by atoms with Crippen LogP contribution in [0.5, 0.6) is 0 Å². The second-order valence-electron chi connectivity index (χ2n) is 5.52. The number of piperidine rings is 1. The van der Waals surface area contributed by atoms with E-state index in [0.717, 1.165) is 32.4 Å². The molecule has 110 valence electrons. The Bertz CT molecular complexity index is 414. The van der Waals surface area contributed by atoms with Crippen molar-refractivity contribution in [2.45, 2.75) is 38.3 Å². The minimum absolute atomic E-state index is 0.0891. The van der Waals surface area contributed by atoms with Crippen molar-refractivity contribution in [1.29, 1.82) is 0 Å². The second-order valence-corrected chi connectivity index (χ2v) is 5.52. The number of likely N-dealkylation sites (tertiary alicyclic amines) is 1. The van der Waals surface area contributed by atoms with Gasteiger partial charge in [-0.2, -0.15) is 0 Å². The number of hydrogen-bond acceptors (Lipinski definition) is 3. The number of rotatable bonds is 5. The molecule has 0 spiro atoms. The van der Waals surface area contributed by atoms with Gasteiger partial charge in [-0.05, 0) is 24.8 Å². The number of carbonyl (C=O) groups is 1. The number of hydrogen-bond donors (Lipinski definition) is 2. The van der Waals surface area contributed by atoms with Gasteiger partial charge in [-0.25, -0.2) is 0 Å². The molecule has 1 aliphatic rings. The molecule has 0 saturated carbocycles. The van der Waals surface area contributed by atoms with Crippen molar-refractivity contribution in [2.75, 3.05) is 19.7 Å². The zero-order valence-electron chi connectivity index (χ0n) is 12.1. The molecule has 1 aliphatic heterocycles. The van der Waals surface area contributed by atoms with Gasteiger partial charge in [0.2, 0.25) is 5.91 Å². The third-order valence-corrected chi connectivity index (χ3v) is 3.96. The van der Waals surface area contributed by atoms with Crippen LogP contribution in [0.25, 0.3) is 0 Å². The molecule has 0 bridgehead atoms. The summed E-state index contributed by atoms with van der Waals surface area (Å²) in [6, 6.07) is 10.7. The summed E-state index contributed by atoms with van der Waals surface area (Å²) in [5.41, 5.74) is 1.24. The van der Waals surface area contributed by atoms with Crippen LogP contribution >= 0.6 is 0 Å². The zero-order valence-corrected chi connectivity index (χ0v) is 12.1. The van der Waals surface area contributed by atoms with E-state index in [0.29, 0.717) is 6.04 Å². The largest absolute Gasteiger partial charge is 0.395 e. The molecule has 0 aromatic heterocycles. The molecule has 2 rings (SSSR count). The van der Waals surface area contributed by atoms with Crippen LogP contribution in [0.1, 0.15) is 25.3 Å². The van der Waals surface area contributed by atoms with Crippen molar-refractivity contribution in [2.24, 2.45) is 0 Å². The molecule has 1 amide bonds. The first kappa shape index (κ1) is 15.0. The average Bonchev–Trinajstić information content (AvgIpc) is 2.48. The predicted molar refractivity (Wildman–Crippen MR) is 79.4 cm³/mol. The Balaban J connectivity index is 1.81. The van der Waals surface area contributed by atoms with Gasteiger partial charge in [0.05, 0.1) is 6.61 Å². The van der Waals surface area contributed by atoms with Crippen LogP contribution in [0.15, 0.2) is 30.3 Å².